The van der Waals surface area contributed by atoms with Crippen molar-refractivity contribution in [1.29, 1.82) is 0 Å². The van der Waals surface area contributed by atoms with E-state index in [0.29, 0.717) is 21.4 Å². The largest absolute Gasteiger partial charge is 0.396 e. The number of nitrogen functional groups attached to an aromatic ring is 1. The average molecular weight is 327 g/mol. The van der Waals surface area contributed by atoms with Crippen LogP contribution in [0.25, 0.3) is 0 Å². The highest BCUT2D eigenvalue weighted by Crippen LogP contribution is 2.30. The quantitative estimate of drug-likeness (QED) is 0.942. The maximum atomic E-state index is 12.6. The summed E-state index contributed by atoms with van der Waals surface area (Å²) in [7, 11) is 3.38. The molecule has 1 atom stereocenters. The summed E-state index contributed by atoms with van der Waals surface area (Å²) in [5.74, 6) is -0.217. The molecule has 1 heterocycles. The van der Waals surface area contributed by atoms with E-state index < -0.39 is 0 Å². The number of anilines is 1. The van der Waals surface area contributed by atoms with Crippen molar-refractivity contribution in [1.82, 2.24) is 14.7 Å². The Morgan fingerprint density at radius 2 is 2.10 bits per heavy atom. The van der Waals surface area contributed by atoms with Crippen molar-refractivity contribution < 1.29 is 4.79 Å². The fraction of sp³-hybridized carbons (Fsp3) is 0.286. The Labute approximate surface area is 133 Å². The Bertz CT molecular complexity index is 664. The van der Waals surface area contributed by atoms with E-state index in [1.807, 2.05) is 13.0 Å². The van der Waals surface area contributed by atoms with Gasteiger partial charge in [-0.2, -0.15) is 5.10 Å². The minimum atomic E-state index is -0.225. The van der Waals surface area contributed by atoms with Gasteiger partial charge in [-0.1, -0.05) is 29.3 Å². The average Bonchev–Trinajstić information content (AvgIpc) is 2.76. The van der Waals surface area contributed by atoms with Crippen LogP contribution in [0.5, 0.6) is 0 Å². The second-order valence-electron chi connectivity index (χ2n) is 4.83. The first-order chi connectivity index (χ1) is 9.82. The summed E-state index contributed by atoms with van der Waals surface area (Å²) in [5, 5.41) is 5.06. The summed E-state index contributed by atoms with van der Waals surface area (Å²) in [6, 6.07) is 4.99. The maximum absolute atomic E-state index is 12.6. The number of benzene rings is 1. The van der Waals surface area contributed by atoms with Gasteiger partial charge in [-0.15, -0.1) is 0 Å². The van der Waals surface area contributed by atoms with E-state index >= 15 is 0 Å². The molecule has 1 aromatic carbocycles. The maximum Gasteiger partial charge on any atom is 0.274 e. The first kappa shape index (κ1) is 15.7. The fourth-order valence-electron chi connectivity index (χ4n) is 2.11. The molecule has 1 unspecified atom stereocenters. The number of hydrogen-bond donors (Lipinski definition) is 1. The van der Waals surface area contributed by atoms with Gasteiger partial charge in [-0.05, 0) is 24.6 Å². The Morgan fingerprint density at radius 1 is 1.43 bits per heavy atom. The molecule has 0 radical (unpaired) electrons. The van der Waals surface area contributed by atoms with Gasteiger partial charge in [0.25, 0.3) is 5.91 Å². The third-order valence-corrected chi connectivity index (χ3v) is 4.05. The smallest absolute Gasteiger partial charge is 0.274 e. The van der Waals surface area contributed by atoms with Crippen LogP contribution in [0, 0.1) is 0 Å². The van der Waals surface area contributed by atoms with Crippen molar-refractivity contribution in [2.24, 2.45) is 7.05 Å². The molecule has 0 spiro atoms. The molecule has 112 valence electrons. The molecule has 0 aliphatic carbocycles. The summed E-state index contributed by atoms with van der Waals surface area (Å²) < 4.78 is 1.46. The SMILES string of the molecule is CC(c1ccc(Cl)cc1Cl)N(C)C(=O)c1c(N)cnn1C. The van der Waals surface area contributed by atoms with Gasteiger partial charge >= 0.3 is 0 Å². The number of carbonyl (C=O) groups is 1. The highest BCUT2D eigenvalue weighted by atomic mass is 35.5. The molecule has 0 aliphatic heterocycles. The van der Waals surface area contributed by atoms with Crippen LogP contribution in [-0.2, 0) is 7.05 Å². The summed E-state index contributed by atoms with van der Waals surface area (Å²) in [5.41, 5.74) is 7.32. The van der Waals surface area contributed by atoms with Crippen LogP contribution in [-0.4, -0.2) is 27.6 Å². The van der Waals surface area contributed by atoms with Gasteiger partial charge in [0.2, 0.25) is 0 Å². The molecule has 0 bridgehead atoms. The normalized spacial score (nSPS) is 12.2. The van der Waals surface area contributed by atoms with E-state index in [1.165, 1.54) is 10.9 Å². The summed E-state index contributed by atoms with van der Waals surface area (Å²) in [4.78, 5) is 14.1. The zero-order chi connectivity index (χ0) is 15.7. The van der Waals surface area contributed by atoms with Crippen molar-refractivity contribution in [3.8, 4) is 0 Å². The predicted molar refractivity (Wildman–Crippen MR) is 84.6 cm³/mol. The number of nitrogens with zero attached hydrogens (tertiary/aromatic N) is 3. The number of aromatic nitrogens is 2. The van der Waals surface area contributed by atoms with Crippen LogP contribution in [0.1, 0.15) is 29.0 Å². The predicted octanol–water partition coefficient (Wildman–Crippen LogP) is 3.14. The summed E-state index contributed by atoms with van der Waals surface area (Å²) in [6.45, 7) is 1.89. The standard InChI is InChI=1S/C14H16Cl2N4O/c1-8(10-5-4-9(15)6-11(10)16)19(2)14(21)13-12(17)7-18-20(13)3/h4-8H,17H2,1-3H3. The highest BCUT2D eigenvalue weighted by Gasteiger charge is 2.24. The molecule has 2 aromatic rings. The Kier molecular flexibility index (Phi) is 4.44. The van der Waals surface area contributed by atoms with E-state index in [9.17, 15) is 4.79 Å². The van der Waals surface area contributed by atoms with E-state index in [1.54, 1.807) is 31.1 Å². The Balaban J connectivity index is 2.31. The van der Waals surface area contributed by atoms with Crippen LogP contribution in [0.4, 0.5) is 5.69 Å². The second-order valence-corrected chi connectivity index (χ2v) is 5.67. The van der Waals surface area contributed by atoms with Gasteiger partial charge in [0, 0.05) is 24.1 Å². The molecule has 0 aliphatic rings. The molecule has 5 nitrogen and oxygen atoms in total. The molecule has 21 heavy (non-hydrogen) atoms. The number of amides is 1. The molecule has 0 fully saturated rings. The van der Waals surface area contributed by atoms with Crippen LogP contribution in [0.2, 0.25) is 10.0 Å². The molecule has 2 rings (SSSR count). The second kappa shape index (κ2) is 5.95. The van der Waals surface area contributed by atoms with Crippen LogP contribution in [0.15, 0.2) is 24.4 Å². The third-order valence-electron chi connectivity index (χ3n) is 3.48. The van der Waals surface area contributed by atoms with Gasteiger partial charge in [0.05, 0.1) is 17.9 Å². The molecule has 0 saturated heterocycles. The first-order valence-electron chi connectivity index (χ1n) is 6.32. The summed E-state index contributed by atoms with van der Waals surface area (Å²) in [6.07, 6.45) is 1.46. The van der Waals surface area contributed by atoms with Crippen LogP contribution in [0.3, 0.4) is 0 Å². The molecule has 2 N–H and O–H groups in total. The van der Waals surface area contributed by atoms with Crippen molar-refractivity contribution >= 4 is 34.8 Å². The first-order valence-corrected chi connectivity index (χ1v) is 7.08. The van der Waals surface area contributed by atoms with Crippen molar-refractivity contribution in [3.05, 3.63) is 45.7 Å². The topological polar surface area (TPSA) is 64.2 Å². The van der Waals surface area contributed by atoms with Gasteiger partial charge in [0.15, 0.2) is 0 Å². The van der Waals surface area contributed by atoms with Crippen molar-refractivity contribution in [2.45, 2.75) is 13.0 Å². The molecular weight excluding hydrogens is 311 g/mol. The number of hydrogen-bond acceptors (Lipinski definition) is 3. The monoisotopic (exact) mass is 326 g/mol. The number of nitrogens with two attached hydrogens (primary N) is 1. The number of rotatable bonds is 3. The van der Waals surface area contributed by atoms with E-state index in [-0.39, 0.29) is 11.9 Å². The summed E-state index contributed by atoms with van der Waals surface area (Å²) >= 11 is 12.1. The van der Waals surface area contributed by atoms with Gasteiger partial charge in [-0.25, -0.2) is 0 Å². The Morgan fingerprint density at radius 3 is 2.62 bits per heavy atom. The van der Waals surface area contributed by atoms with Crippen LogP contribution < -0.4 is 5.73 Å². The number of halogens is 2. The van der Waals surface area contributed by atoms with Gasteiger partial charge in [0.1, 0.15) is 5.69 Å². The minimum Gasteiger partial charge on any atom is -0.396 e. The third kappa shape index (κ3) is 2.99. The molecule has 1 amide bonds. The van der Waals surface area contributed by atoms with E-state index in [4.69, 9.17) is 28.9 Å². The minimum absolute atomic E-state index is 0.217. The van der Waals surface area contributed by atoms with Crippen LogP contribution >= 0.6 is 23.2 Å². The van der Waals surface area contributed by atoms with E-state index in [0.717, 1.165) is 5.56 Å². The van der Waals surface area contributed by atoms with Gasteiger partial charge < -0.3 is 10.6 Å². The van der Waals surface area contributed by atoms with Crippen molar-refractivity contribution in [2.75, 3.05) is 12.8 Å². The zero-order valence-corrected chi connectivity index (χ0v) is 13.5. The number of carbonyl (C=O) groups excluding carboxylic acids is 1. The van der Waals surface area contributed by atoms with Crippen molar-refractivity contribution in [3.63, 3.8) is 0 Å². The lowest BCUT2D eigenvalue weighted by atomic mass is 10.1. The number of aryl methyl sites for hydroxylation is 1. The fourth-order valence-corrected chi connectivity index (χ4v) is 2.67. The lowest BCUT2D eigenvalue weighted by Crippen LogP contribution is -2.31. The highest BCUT2D eigenvalue weighted by molar-refractivity contribution is 6.35. The molecule has 0 saturated carbocycles. The molecule has 1 aromatic heterocycles. The van der Waals surface area contributed by atoms with E-state index in [2.05, 4.69) is 5.10 Å². The molecular formula is C14H16Cl2N4O. The lowest BCUT2D eigenvalue weighted by Gasteiger charge is -2.26. The Hall–Kier alpha value is -1.72. The lowest BCUT2D eigenvalue weighted by molar-refractivity contribution is 0.0732. The zero-order valence-electron chi connectivity index (χ0n) is 12.0. The van der Waals surface area contributed by atoms with Gasteiger partial charge in [-0.3, -0.25) is 9.48 Å². The molecule has 7 heteroatoms.